The van der Waals surface area contributed by atoms with Crippen molar-refractivity contribution in [3.05, 3.63) is 40.9 Å². The van der Waals surface area contributed by atoms with Gasteiger partial charge in [-0.2, -0.15) is 0 Å². The summed E-state index contributed by atoms with van der Waals surface area (Å²) in [7, 11) is 0. The van der Waals surface area contributed by atoms with Crippen molar-refractivity contribution in [1.29, 1.82) is 0 Å². The molecule has 17 heavy (non-hydrogen) atoms. The predicted molar refractivity (Wildman–Crippen MR) is 75.7 cm³/mol. The Morgan fingerprint density at radius 1 is 0.941 bits per heavy atom. The van der Waals surface area contributed by atoms with Crippen molar-refractivity contribution in [3.8, 4) is 10.6 Å². The molecule has 1 nitrogen and oxygen atoms in total. The van der Waals surface area contributed by atoms with Crippen molar-refractivity contribution in [2.75, 3.05) is 0 Å². The molecule has 2 heteroatoms. The lowest BCUT2D eigenvalue weighted by Gasteiger charge is -2.05. The first-order chi connectivity index (χ1) is 8.08. The van der Waals surface area contributed by atoms with Crippen LogP contribution in [0, 0.1) is 0 Å². The van der Waals surface area contributed by atoms with Crippen LogP contribution in [-0.2, 0) is 0 Å². The molecule has 0 unspecified atom stereocenters. The van der Waals surface area contributed by atoms with Crippen LogP contribution in [0.2, 0.25) is 0 Å². The molecular weight excluding hydrogens is 226 g/mol. The Kier molecular flexibility index (Phi) is 3.63. The minimum absolute atomic E-state index is 0.509. The summed E-state index contributed by atoms with van der Waals surface area (Å²) in [5.74, 6) is 1.10. The van der Waals surface area contributed by atoms with Crippen molar-refractivity contribution in [2.45, 2.75) is 39.5 Å². The molecule has 0 amide bonds. The Hall–Kier alpha value is -1.15. The number of aromatic nitrogens is 1. The molecule has 1 heterocycles. The fourth-order valence-corrected chi connectivity index (χ4v) is 2.68. The molecular formula is C15H19NS. The van der Waals surface area contributed by atoms with Gasteiger partial charge < -0.3 is 0 Å². The molecule has 0 saturated heterocycles. The minimum Gasteiger partial charge on any atom is -0.241 e. The van der Waals surface area contributed by atoms with Gasteiger partial charge in [-0.15, -0.1) is 11.3 Å². The topological polar surface area (TPSA) is 12.9 Å². The van der Waals surface area contributed by atoms with E-state index in [4.69, 9.17) is 0 Å². The van der Waals surface area contributed by atoms with E-state index in [1.165, 1.54) is 16.8 Å². The van der Waals surface area contributed by atoms with Gasteiger partial charge in [-0.3, -0.25) is 0 Å². The molecule has 0 aliphatic rings. The third-order valence-corrected chi connectivity index (χ3v) is 3.85. The summed E-state index contributed by atoms with van der Waals surface area (Å²) in [4.78, 5) is 4.67. The normalized spacial score (nSPS) is 11.4. The average molecular weight is 245 g/mol. The van der Waals surface area contributed by atoms with Gasteiger partial charge in [0, 0.05) is 10.9 Å². The van der Waals surface area contributed by atoms with Crippen LogP contribution in [-0.4, -0.2) is 4.98 Å². The molecule has 0 fully saturated rings. The highest BCUT2D eigenvalue weighted by molar-refractivity contribution is 7.13. The van der Waals surface area contributed by atoms with Gasteiger partial charge in [0.25, 0.3) is 0 Å². The van der Waals surface area contributed by atoms with Gasteiger partial charge in [-0.05, 0) is 17.4 Å². The number of nitrogens with zero attached hydrogens (tertiary/aromatic N) is 1. The molecule has 0 aliphatic carbocycles. The Bertz CT molecular complexity index is 480. The molecule has 2 aromatic rings. The van der Waals surface area contributed by atoms with Gasteiger partial charge in [-0.1, -0.05) is 52.0 Å². The highest BCUT2D eigenvalue weighted by Gasteiger charge is 2.07. The summed E-state index contributed by atoms with van der Waals surface area (Å²) in [5.41, 5.74) is 3.80. The van der Waals surface area contributed by atoms with Crippen molar-refractivity contribution < 1.29 is 0 Å². The summed E-state index contributed by atoms with van der Waals surface area (Å²) in [6.45, 7) is 8.80. The highest BCUT2D eigenvalue weighted by atomic mass is 32.1. The number of benzene rings is 1. The third-order valence-electron chi connectivity index (χ3n) is 2.94. The lowest BCUT2D eigenvalue weighted by atomic mass is 10.0. The van der Waals surface area contributed by atoms with Crippen LogP contribution in [0.1, 0.15) is 50.8 Å². The predicted octanol–water partition coefficient (Wildman–Crippen LogP) is 5.06. The van der Waals surface area contributed by atoms with Gasteiger partial charge in [0.15, 0.2) is 0 Å². The summed E-state index contributed by atoms with van der Waals surface area (Å²) >= 11 is 1.73. The zero-order chi connectivity index (χ0) is 12.4. The van der Waals surface area contributed by atoms with Crippen LogP contribution < -0.4 is 0 Å². The molecule has 1 aromatic heterocycles. The van der Waals surface area contributed by atoms with Crippen LogP contribution in [0.4, 0.5) is 0 Å². The van der Waals surface area contributed by atoms with E-state index < -0.39 is 0 Å². The summed E-state index contributed by atoms with van der Waals surface area (Å²) < 4.78 is 0. The van der Waals surface area contributed by atoms with E-state index in [0.717, 1.165) is 5.01 Å². The molecule has 0 radical (unpaired) electrons. The van der Waals surface area contributed by atoms with Crippen LogP contribution >= 0.6 is 11.3 Å². The van der Waals surface area contributed by atoms with E-state index in [-0.39, 0.29) is 0 Å². The fraction of sp³-hybridized carbons (Fsp3) is 0.400. The molecule has 1 aromatic carbocycles. The minimum atomic E-state index is 0.509. The standard InChI is InChI=1S/C15H19NS/c1-10(2)12-5-7-13(8-6-12)15-16-14(9-17-15)11(3)4/h5-11H,1-4H3. The molecule has 0 N–H and O–H groups in total. The summed E-state index contributed by atoms with van der Waals surface area (Å²) in [5, 5.41) is 3.29. The van der Waals surface area contributed by atoms with Crippen LogP contribution in [0.5, 0.6) is 0 Å². The van der Waals surface area contributed by atoms with Gasteiger partial charge in [0.05, 0.1) is 5.69 Å². The van der Waals surface area contributed by atoms with Crippen LogP contribution in [0.25, 0.3) is 10.6 Å². The Morgan fingerprint density at radius 3 is 2.06 bits per heavy atom. The Morgan fingerprint density at radius 2 is 1.59 bits per heavy atom. The SMILES string of the molecule is CC(C)c1ccc(-c2nc(C(C)C)cs2)cc1. The molecule has 0 saturated carbocycles. The smallest absolute Gasteiger partial charge is 0.123 e. The van der Waals surface area contributed by atoms with Gasteiger partial charge in [0.1, 0.15) is 5.01 Å². The van der Waals surface area contributed by atoms with Crippen LogP contribution in [0.15, 0.2) is 29.6 Å². The Labute approximate surface area is 108 Å². The second-order valence-corrected chi connectivity index (χ2v) is 5.87. The lowest BCUT2D eigenvalue weighted by molar-refractivity contribution is 0.834. The second-order valence-electron chi connectivity index (χ2n) is 5.01. The van der Waals surface area contributed by atoms with Crippen LogP contribution in [0.3, 0.4) is 0 Å². The maximum Gasteiger partial charge on any atom is 0.123 e. The molecule has 0 spiro atoms. The van der Waals surface area contributed by atoms with E-state index in [1.54, 1.807) is 11.3 Å². The number of thiazole rings is 1. The maximum absolute atomic E-state index is 4.67. The number of hydrogen-bond donors (Lipinski definition) is 0. The quantitative estimate of drug-likeness (QED) is 0.736. The molecule has 90 valence electrons. The number of rotatable bonds is 3. The highest BCUT2D eigenvalue weighted by Crippen LogP contribution is 2.27. The first-order valence-electron chi connectivity index (χ1n) is 6.13. The van der Waals surface area contributed by atoms with Gasteiger partial charge >= 0.3 is 0 Å². The van der Waals surface area contributed by atoms with E-state index in [1.807, 2.05) is 0 Å². The van der Waals surface area contributed by atoms with Crippen molar-refractivity contribution in [1.82, 2.24) is 4.98 Å². The zero-order valence-corrected chi connectivity index (χ0v) is 11.7. The third kappa shape index (κ3) is 2.75. The van der Waals surface area contributed by atoms with Crippen molar-refractivity contribution in [2.24, 2.45) is 0 Å². The molecule has 0 bridgehead atoms. The monoisotopic (exact) mass is 245 g/mol. The average Bonchev–Trinajstić information content (AvgIpc) is 2.78. The Balaban J connectivity index is 2.27. The fourth-order valence-electron chi connectivity index (χ4n) is 1.69. The van der Waals surface area contributed by atoms with Gasteiger partial charge in [0.2, 0.25) is 0 Å². The summed E-state index contributed by atoms with van der Waals surface area (Å²) in [6.07, 6.45) is 0. The largest absolute Gasteiger partial charge is 0.241 e. The first kappa shape index (κ1) is 12.3. The molecule has 2 rings (SSSR count). The lowest BCUT2D eigenvalue weighted by Crippen LogP contribution is -1.88. The second kappa shape index (κ2) is 5.01. The maximum atomic E-state index is 4.67. The molecule has 0 aliphatic heterocycles. The zero-order valence-electron chi connectivity index (χ0n) is 10.9. The van der Waals surface area contributed by atoms with Crippen molar-refractivity contribution >= 4 is 11.3 Å². The van der Waals surface area contributed by atoms with E-state index in [0.29, 0.717) is 11.8 Å². The first-order valence-corrected chi connectivity index (χ1v) is 7.01. The van der Waals surface area contributed by atoms with E-state index in [2.05, 4.69) is 62.3 Å². The van der Waals surface area contributed by atoms with E-state index >= 15 is 0 Å². The number of hydrogen-bond acceptors (Lipinski definition) is 2. The van der Waals surface area contributed by atoms with Crippen molar-refractivity contribution in [3.63, 3.8) is 0 Å². The van der Waals surface area contributed by atoms with E-state index in [9.17, 15) is 0 Å². The van der Waals surface area contributed by atoms with Gasteiger partial charge in [-0.25, -0.2) is 4.98 Å². The molecule has 0 atom stereocenters. The summed E-state index contributed by atoms with van der Waals surface area (Å²) in [6, 6.07) is 8.77.